The normalized spacial score (nSPS) is 13.0. The molecule has 0 fully saturated rings. The standard InChI is InChI=1S/C25H34ClN3O5S/c1-6-18(3)27-25(31)23(7-2)28(16-19-10-8-9-11-22(19)26)24(30)17-29(35(5,32)33)20-12-14-21(34-4)15-13-20/h8-15,18,23H,6-7,16-17H2,1-5H3,(H,27,31)/t18-,23+/m0/s1. The second-order valence-corrected chi connectivity index (χ2v) is 10.6. The summed E-state index contributed by atoms with van der Waals surface area (Å²) in [6.07, 6.45) is 2.12. The Balaban J connectivity index is 2.44. The average molecular weight is 524 g/mol. The zero-order valence-corrected chi connectivity index (χ0v) is 22.4. The monoisotopic (exact) mass is 523 g/mol. The molecule has 2 aromatic rings. The van der Waals surface area contributed by atoms with Crippen LogP contribution >= 0.6 is 11.6 Å². The van der Waals surface area contributed by atoms with Crippen molar-refractivity contribution < 1.29 is 22.7 Å². The van der Waals surface area contributed by atoms with Gasteiger partial charge in [0.25, 0.3) is 0 Å². The van der Waals surface area contributed by atoms with Crippen molar-refractivity contribution in [3.8, 4) is 5.75 Å². The van der Waals surface area contributed by atoms with E-state index in [0.29, 0.717) is 28.4 Å². The Morgan fingerprint density at radius 2 is 1.69 bits per heavy atom. The highest BCUT2D eigenvalue weighted by Crippen LogP contribution is 2.24. The molecule has 8 nitrogen and oxygen atoms in total. The highest BCUT2D eigenvalue weighted by atomic mass is 35.5. The maximum absolute atomic E-state index is 13.6. The molecule has 35 heavy (non-hydrogen) atoms. The summed E-state index contributed by atoms with van der Waals surface area (Å²) in [5.74, 6) is -0.253. The van der Waals surface area contributed by atoms with E-state index in [9.17, 15) is 18.0 Å². The summed E-state index contributed by atoms with van der Waals surface area (Å²) >= 11 is 6.35. The molecule has 0 aliphatic carbocycles. The molecule has 1 N–H and O–H groups in total. The summed E-state index contributed by atoms with van der Waals surface area (Å²) in [7, 11) is -2.30. The Hall–Kier alpha value is -2.78. The van der Waals surface area contributed by atoms with E-state index >= 15 is 0 Å². The number of hydrogen-bond acceptors (Lipinski definition) is 5. The second kappa shape index (κ2) is 12.8. The Labute approximate surface area is 213 Å². The average Bonchev–Trinajstić information content (AvgIpc) is 2.82. The molecule has 0 aromatic heterocycles. The molecular weight excluding hydrogens is 490 g/mol. The molecule has 192 valence electrons. The fourth-order valence-corrected chi connectivity index (χ4v) is 4.58. The number of nitrogens with one attached hydrogen (secondary N) is 1. The van der Waals surface area contributed by atoms with Crippen LogP contribution in [0.4, 0.5) is 5.69 Å². The van der Waals surface area contributed by atoms with Crippen LogP contribution in [0.1, 0.15) is 39.2 Å². The lowest BCUT2D eigenvalue weighted by atomic mass is 10.1. The first-order valence-electron chi connectivity index (χ1n) is 11.5. The Bertz CT molecular complexity index is 1110. The predicted molar refractivity (Wildman–Crippen MR) is 139 cm³/mol. The molecule has 0 radical (unpaired) electrons. The fraction of sp³-hybridized carbons (Fsp3) is 0.440. The third-order valence-electron chi connectivity index (χ3n) is 5.73. The molecule has 10 heteroatoms. The van der Waals surface area contributed by atoms with Crippen molar-refractivity contribution >= 4 is 39.1 Å². The number of carbonyl (C=O) groups is 2. The molecule has 2 rings (SSSR count). The van der Waals surface area contributed by atoms with Crippen LogP contribution in [0.2, 0.25) is 5.02 Å². The van der Waals surface area contributed by atoms with Crippen LogP contribution in [-0.4, -0.2) is 57.1 Å². The molecule has 0 aliphatic heterocycles. The quantitative estimate of drug-likeness (QED) is 0.456. The largest absolute Gasteiger partial charge is 0.497 e. The maximum Gasteiger partial charge on any atom is 0.244 e. The summed E-state index contributed by atoms with van der Waals surface area (Å²) in [6.45, 7) is 5.25. The number of anilines is 1. The van der Waals surface area contributed by atoms with Crippen LogP contribution in [0.3, 0.4) is 0 Å². The molecule has 2 aromatic carbocycles. The van der Waals surface area contributed by atoms with E-state index in [1.165, 1.54) is 12.0 Å². The van der Waals surface area contributed by atoms with Crippen molar-refractivity contribution in [1.29, 1.82) is 0 Å². The van der Waals surface area contributed by atoms with Gasteiger partial charge in [0.15, 0.2) is 0 Å². The minimum Gasteiger partial charge on any atom is -0.497 e. The SMILES string of the molecule is CC[C@H](C(=O)N[C@@H](C)CC)N(Cc1ccccc1Cl)C(=O)CN(c1ccc(OC)cc1)S(C)(=O)=O. The van der Waals surface area contributed by atoms with Gasteiger partial charge in [0, 0.05) is 17.6 Å². The highest BCUT2D eigenvalue weighted by Gasteiger charge is 2.32. The number of ether oxygens (including phenoxy) is 1. The van der Waals surface area contributed by atoms with Gasteiger partial charge < -0.3 is 15.0 Å². The zero-order chi connectivity index (χ0) is 26.2. The number of benzene rings is 2. The summed E-state index contributed by atoms with van der Waals surface area (Å²) in [6, 6.07) is 12.6. The van der Waals surface area contributed by atoms with Crippen molar-refractivity contribution in [2.75, 3.05) is 24.2 Å². The molecule has 2 atom stereocenters. The lowest BCUT2D eigenvalue weighted by molar-refractivity contribution is -0.140. The number of nitrogens with zero attached hydrogens (tertiary/aromatic N) is 2. The molecule has 0 saturated heterocycles. The molecule has 0 aliphatic rings. The van der Waals surface area contributed by atoms with Gasteiger partial charge in [-0.05, 0) is 55.7 Å². The van der Waals surface area contributed by atoms with E-state index in [2.05, 4.69) is 5.32 Å². The molecule has 0 unspecified atom stereocenters. The Morgan fingerprint density at radius 3 is 2.20 bits per heavy atom. The van der Waals surface area contributed by atoms with Crippen molar-refractivity contribution in [2.24, 2.45) is 0 Å². The van der Waals surface area contributed by atoms with Gasteiger partial charge in [-0.15, -0.1) is 0 Å². The molecular formula is C25H34ClN3O5S. The lowest BCUT2D eigenvalue weighted by Crippen LogP contribution is -2.53. The lowest BCUT2D eigenvalue weighted by Gasteiger charge is -2.33. The van der Waals surface area contributed by atoms with Gasteiger partial charge in [0.1, 0.15) is 18.3 Å². The minimum absolute atomic E-state index is 0.0607. The fourth-order valence-electron chi connectivity index (χ4n) is 3.53. The summed E-state index contributed by atoms with van der Waals surface area (Å²) in [5, 5.41) is 3.39. The topological polar surface area (TPSA) is 96.0 Å². The van der Waals surface area contributed by atoms with Crippen LogP contribution in [0.15, 0.2) is 48.5 Å². The van der Waals surface area contributed by atoms with E-state index in [1.807, 2.05) is 20.8 Å². The third kappa shape index (κ3) is 7.86. The van der Waals surface area contributed by atoms with Crippen molar-refractivity contribution in [3.63, 3.8) is 0 Å². The summed E-state index contributed by atoms with van der Waals surface area (Å²) < 4.78 is 31.4. The number of hydrogen-bond donors (Lipinski definition) is 1. The van der Waals surface area contributed by atoms with Crippen LogP contribution in [0.25, 0.3) is 0 Å². The van der Waals surface area contributed by atoms with E-state index in [0.717, 1.165) is 17.0 Å². The number of halogens is 1. The first kappa shape index (κ1) is 28.5. The van der Waals surface area contributed by atoms with E-state index in [-0.39, 0.29) is 18.5 Å². The van der Waals surface area contributed by atoms with E-state index in [1.54, 1.807) is 48.5 Å². The van der Waals surface area contributed by atoms with Gasteiger partial charge in [0.05, 0.1) is 19.1 Å². The number of methoxy groups -OCH3 is 1. The second-order valence-electron chi connectivity index (χ2n) is 8.32. The first-order valence-corrected chi connectivity index (χ1v) is 13.7. The van der Waals surface area contributed by atoms with Gasteiger partial charge in [-0.3, -0.25) is 13.9 Å². The number of rotatable bonds is 12. The van der Waals surface area contributed by atoms with Crippen LogP contribution in [0, 0.1) is 0 Å². The summed E-state index contributed by atoms with van der Waals surface area (Å²) in [4.78, 5) is 28.2. The third-order valence-corrected chi connectivity index (χ3v) is 7.23. The first-order chi connectivity index (χ1) is 16.5. The smallest absolute Gasteiger partial charge is 0.244 e. The van der Waals surface area contributed by atoms with Gasteiger partial charge in [0.2, 0.25) is 21.8 Å². The number of carbonyl (C=O) groups excluding carboxylic acids is 2. The maximum atomic E-state index is 13.6. The van der Waals surface area contributed by atoms with Gasteiger partial charge in [-0.1, -0.05) is 43.6 Å². The van der Waals surface area contributed by atoms with Gasteiger partial charge in [-0.2, -0.15) is 0 Å². The van der Waals surface area contributed by atoms with Crippen LogP contribution in [0.5, 0.6) is 5.75 Å². The van der Waals surface area contributed by atoms with E-state index < -0.39 is 28.5 Å². The van der Waals surface area contributed by atoms with Crippen molar-refractivity contribution in [1.82, 2.24) is 10.2 Å². The highest BCUT2D eigenvalue weighted by molar-refractivity contribution is 7.92. The molecule has 0 heterocycles. The van der Waals surface area contributed by atoms with Crippen molar-refractivity contribution in [3.05, 3.63) is 59.1 Å². The Kier molecular flexibility index (Phi) is 10.4. The zero-order valence-electron chi connectivity index (χ0n) is 20.8. The molecule has 0 saturated carbocycles. The van der Waals surface area contributed by atoms with Crippen molar-refractivity contribution in [2.45, 2.75) is 52.2 Å². The predicted octanol–water partition coefficient (Wildman–Crippen LogP) is 3.84. The molecule has 2 amide bonds. The van der Waals surface area contributed by atoms with Crippen LogP contribution < -0.4 is 14.4 Å². The van der Waals surface area contributed by atoms with E-state index in [4.69, 9.17) is 16.3 Å². The van der Waals surface area contributed by atoms with Gasteiger partial charge >= 0.3 is 0 Å². The molecule has 0 spiro atoms. The minimum atomic E-state index is -3.80. The van der Waals surface area contributed by atoms with Gasteiger partial charge in [-0.25, -0.2) is 8.42 Å². The summed E-state index contributed by atoms with van der Waals surface area (Å²) in [5.41, 5.74) is 0.976. The number of sulfonamides is 1. The van der Waals surface area contributed by atoms with Crippen LogP contribution in [-0.2, 0) is 26.2 Å². The molecule has 0 bridgehead atoms. The number of amides is 2. The Morgan fingerprint density at radius 1 is 1.06 bits per heavy atom.